The van der Waals surface area contributed by atoms with E-state index < -0.39 is 13.6 Å². The van der Waals surface area contributed by atoms with Crippen molar-refractivity contribution in [3.05, 3.63) is 29.3 Å². The quantitative estimate of drug-likeness (QED) is 0.743. The van der Waals surface area contributed by atoms with Crippen molar-refractivity contribution in [1.29, 1.82) is 0 Å². The zero-order chi connectivity index (χ0) is 11.9. The summed E-state index contributed by atoms with van der Waals surface area (Å²) in [6.07, 6.45) is 1.11. The van der Waals surface area contributed by atoms with Crippen molar-refractivity contribution < 1.29 is 8.42 Å². The first-order chi connectivity index (χ1) is 6.62. The van der Waals surface area contributed by atoms with Crippen LogP contribution in [0.2, 0.25) is 0 Å². The summed E-state index contributed by atoms with van der Waals surface area (Å²) in [7, 11) is -3.28. The van der Waals surface area contributed by atoms with Gasteiger partial charge in [-0.05, 0) is 24.6 Å². The molecular weight excluding hydrogens is 279 g/mol. The van der Waals surface area contributed by atoms with Crippen LogP contribution >= 0.6 is 34.8 Å². The lowest BCUT2D eigenvalue weighted by Crippen LogP contribution is -2.06. The van der Waals surface area contributed by atoms with Gasteiger partial charge in [0.25, 0.3) is 0 Å². The lowest BCUT2D eigenvalue weighted by molar-refractivity contribution is 0.601. The van der Waals surface area contributed by atoms with Crippen LogP contribution in [0.25, 0.3) is 0 Å². The normalized spacial score (nSPS) is 12.9. The minimum atomic E-state index is -3.28. The molecule has 0 unspecified atom stereocenters. The number of aryl methyl sites for hydroxylation is 1. The fourth-order valence-corrected chi connectivity index (χ4v) is 2.40. The first-order valence-corrected chi connectivity index (χ1v) is 7.03. The highest BCUT2D eigenvalue weighted by Crippen LogP contribution is 2.40. The van der Waals surface area contributed by atoms with E-state index in [2.05, 4.69) is 0 Å². The van der Waals surface area contributed by atoms with Crippen molar-refractivity contribution in [1.82, 2.24) is 0 Å². The van der Waals surface area contributed by atoms with Crippen molar-refractivity contribution in [2.75, 3.05) is 6.26 Å². The van der Waals surface area contributed by atoms with Gasteiger partial charge in [0.1, 0.15) is 0 Å². The zero-order valence-electron chi connectivity index (χ0n) is 8.09. The SMILES string of the molecule is Cc1ccc(S(C)(=O)=O)cc1C(Cl)(Cl)Cl. The average molecular weight is 288 g/mol. The van der Waals surface area contributed by atoms with Crippen LogP contribution in [0.1, 0.15) is 11.1 Å². The summed E-state index contributed by atoms with van der Waals surface area (Å²) in [6.45, 7) is 1.75. The molecule has 0 heterocycles. The third kappa shape index (κ3) is 3.25. The van der Waals surface area contributed by atoms with Crippen molar-refractivity contribution in [3.8, 4) is 0 Å². The van der Waals surface area contributed by atoms with Crippen molar-refractivity contribution in [2.24, 2.45) is 0 Å². The van der Waals surface area contributed by atoms with Crippen LogP contribution in [0.15, 0.2) is 23.1 Å². The van der Waals surface area contributed by atoms with E-state index in [1.165, 1.54) is 12.1 Å². The van der Waals surface area contributed by atoms with Gasteiger partial charge in [0.15, 0.2) is 9.84 Å². The lowest BCUT2D eigenvalue weighted by atomic mass is 10.1. The smallest absolute Gasteiger partial charge is 0.216 e. The predicted octanol–water partition coefficient (Wildman–Crippen LogP) is 3.23. The lowest BCUT2D eigenvalue weighted by Gasteiger charge is -2.15. The third-order valence-corrected chi connectivity index (χ3v) is 3.66. The maximum absolute atomic E-state index is 11.3. The topological polar surface area (TPSA) is 34.1 Å². The fraction of sp³-hybridized carbons (Fsp3) is 0.333. The molecule has 0 bridgehead atoms. The Kier molecular flexibility index (Phi) is 3.61. The molecule has 0 aliphatic carbocycles. The van der Waals surface area contributed by atoms with Crippen molar-refractivity contribution in [3.63, 3.8) is 0 Å². The first kappa shape index (κ1) is 13.1. The third-order valence-electron chi connectivity index (χ3n) is 1.94. The summed E-state index contributed by atoms with van der Waals surface area (Å²) < 4.78 is 21.0. The Morgan fingerprint density at radius 2 is 1.73 bits per heavy atom. The Morgan fingerprint density at radius 1 is 1.20 bits per heavy atom. The number of halogens is 3. The second-order valence-corrected chi connectivity index (χ2v) is 7.54. The van der Waals surface area contributed by atoms with Crippen molar-refractivity contribution >= 4 is 44.6 Å². The molecule has 0 atom stereocenters. The van der Waals surface area contributed by atoms with Crippen LogP contribution in [0.3, 0.4) is 0 Å². The van der Waals surface area contributed by atoms with Gasteiger partial charge >= 0.3 is 0 Å². The Labute approximate surface area is 104 Å². The number of hydrogen-bond acceptors (Lipinski definition) is 2. The molecule has 1 aromatic rings. The molecule has 2 nitrogen and oxygen atoms in total. The molecule has 0 aromatic heterocycles. The van der Waals surface area contributed by atoms with Gasteiger partial charge in [-0.2, -0.15) is 0 Å². The minimum Gasteiger partial charge on any atom is -0.224 e. The zero-order valence-corrected chi connectivity index (χ0v) is 11.2. The van der Waals surface area contributed by atoms with Gasteiger partial charge in [-0.3, -0.25) is 0 Å². The Balaban J connectivity index is 3.43. The van der Waals surface area contributed by atoms with E-state index in [-0.39, 0.29) is 4.90 Å². The molecule has 0 spiro atoms. The predicted molar refractivity (Wildman–Crippen MR) is 63.5 cm³/mol. The molecular formula is C9H9Cl3O2S. The number of rotatable bonds is 1. The second-order valence-electron chi connectivity index (χ2n) is 3.25. The minimum absolute atomic E-state index is 0.148. The molecule has 0 saturated heterocycles. The van der Waals surface area contributed by atoms with E-state index in [0.29, 0.717) is 5.56 Å². The molecule has 0 amide bonds. The molecule has 84 valence electrons. The van der Waals surface area contributed by atoms with Crippen LogP contribution in [0, 0.1) is 6.92 Å². The molecule has 6 heteroatoms. The van der Waals surface area contributed by atoms with Crippen LogP contribution < -0.4 is 0 Å². The van der Waals surface area contributed by atoms with Crippen molar-refractivity contribution in [2.45, 2.75) is 15.6 Å². The van der Waals surface area contributed by atoms with E-state index in [9.17, 15) is 8.42 Å². The maximum atomic E-state index is 11.3. The van der Waals surface area contributed by atoms with E-state index in [1.807, 2.05) is 0 Å². The Bertz CT molecular complexity index is 475. The molecule has 0 fully saturated rings. The molecule has 0 saturated carbocycles. The summed E-state index contributed by atoms with van der Waals surface area (Å²) in [5.41, 5.74) is 1.12. The number of benzene rings is 1. The molecule has 0 aliphatic heterocycles. The largest absolute Gasteiger partial charge is 0.224 e. The Morgan fingerprint density at radius 3 is 2.13 bits per heavy atom. The van der Waals surface area contributed by atoms with Crippen LogP contribution in [-0.4, -0.2) is 14.7 Å². The second kappa shape index (κ2) is 4.13. The first-order valence-electron chi connectivity index (χ1n) is 4.00. The standard InChI is InChI=1S/C9H9Cl3O2S/c1-6-3-4-7(15(2,13)14)5-8(6)9(10,11)12/h3-5H,1-2H3. The number of hydrogen-bond donors (Lipinski definition) is 0. The molecule has 1 rings (SSSR count). The van der Waals surface area contributed by atoms with Gasteiger partial charge in [-0.15, -0.1) is 0 Å². The maximum Gasteiger partial charge on any atom is 0.216 e. The van der Waals surface area contributed by atoms with E-state index in [0.717, 1.165) is 11.8 Å². The summed E-state index contributed by atoms with van der Waals surface area (Å²) >= 11 is 17.2. The van der Waals surface area contributed by atoms with Gasteiger partial charge in [-0.25, -0.2) is 8.42 Å². The van der Waals surface area contributed by atoms with Crippen LogP contribution in [0.4, 0.5) is 0 Å². The van der Waals surface area contributed by atoms with Crippen LogP contribution in [-0.2, 0) is 13.6 Å². The summed E-state index contributed by atoms with van der Waals surface area (Å²) in [5.74, 6) is 0. The highest BCUT2D eigenvalue weighted by molar-refractivity contribution is 7.90. The van der Waals surface area contributed by atoms with E-state index in [4.69, 9.17) is 34.8 Å². The Hall–Kier alpha value is 0.0400. The van der Waals surface area contributed by atoms with Gasteiger partial charge in [0.05, 0.1) is 4.90 Å². The summed E-state index contributed by atoms with van der Waals surface area (Å²) in [4.78, 5) is 0.148. The summed E-state index contributed by atoms with van der Waals surface area (Å²) in [5, 5.41) is 0. The monoisotopic (exact) mass is 286 g/mol. The highest BCUT2D eigenvalue weighted by Gasteiger charge is 2.26. The van der Waals surface area contributed by atoms with Gasteiger partial charge in [0, 0.05) is 11.8 Å². The summed E-state index contributed by atoms with van der Waals surface area (Å²) in [6, 6.07) is 4.50. The van der Waals surface area contributed by atoms with Gasteiger partial charge < -0.3 is 0 Å². The van der Waals surface area contributed by atoms with Gasteiger partial charge in [-0.1, -0.05) is 40.9 Å². The fourth-order valence-electron chi connectivity index (χ4n) is 1.14. The van der Waals surface area contributed by atoms with Crippen LogP contribution in [0.5, 0.6) is 0 Å². The molecule has 0 N–H and O–H groups in total. The molecule has 1 aromatic carbocycles. The van der Waals surface area contributed by atoms with Gasteiger partial charge in [0.2, 0.25) is 3.79 Å². The highest BCUT2D eigenvalue weighted by atomic mass is 35.6. The van der Waals surface area contributed by atoms with E-state index in [1.54, 1.807) is 13.0 Å². The number of alkyl halides is 3. The average Bonchev–Trinajstić information content (AvgIpc) is 2.00. The van der Waals surface area contributed by atoms with E-state index >= 15 is 0 Å². The number of sulfone groups is 1. The molecule has 0 aliphatic rings. The molecule has 0 radical (unpaired) electrons. The molecule has 15 heavy (non-hydrogen) atoms.